The smallest absolute Gasteiger partial charge is 0.266 e. The molecule has 0 aliphatic rings. The van der Waals surface area contributed by atoms with Gasteiger partial charge in [0.15, 0.2) is 9.84 Å². The highest BCUT2D eigenvalue weighted by Gasteiger charge is 2.17. The molecule has 0 fully saturated rings. The summed E-state index contributed by atoms with van der Waals surface area (Å²) in [7, 11) is -6.20. The Morgan fingerprint density at radius 2 is 1.59 bits per heavy atom. The fourth-order valence-corrected chi connectivity index (χ4v) is 4.89. The average Bonchev–Trinajstić information content (AvgIpc) is 2.75. The van der Waals surface area contributed by atoms with Crippen LogP contribution >= 0.6 is 0 Å². The SMILES string of the molecule is CN(CCS(=O)(=O)O)CCS(=O)(=O)c1cccc(N=Nc2c(O)ccc3ccccc23)c1. The van der Waals surface area contributed by atoms with Crippen LogP contribution in [-0.2, 0) is 20.0 Å². The first kappa shape index (κ1) is 23.8. The van der Waals surface area contributed by atoms with Gasteiger partial charge >= 0.3 is 0 Å². The molecular weight excluding hydrogens is 454 g/mol. The Hall–Kier alpha value is -2.86. The lowest BCUT2D eigenvalue weighted by Gasteiger charge is -2.15. The van der Waals surface area contributed by atoms with Gasteiger partial charge in [0.1, 0.15) is 11.4 Å². The Bertz CT molecular complexity index is 1350. The molecule has 2 N–H and O–H groups in total. The molecule has 0 amide bonds. The number of nitrogens with zero attached hydrogens (tertiary/aromatic N) is 3. The highest BCUT2D eigenvalue weighted by Crippen LogP contribution is 2.36. The number of benzene rings is 3. The Morgan fingerprint density at radius 3 is 2.34 bits per heavy atom. The van der Waals surface area contributed by atoms with Crippen LogP contribution in [0.1, 0.15) is 0 Å². The van der Waals surface area contributed by atoms with Gasteiger partial charge in [-0.25, -0.2) is 8.42 Å². The van der Waals surface area contributed by atoms with E-state index in [1.807, 2.05) is 24.3 Å². The fraction of sp³-hybridized carbons (Fsp3) is 0.238. The van der Waals surface area contributed by atoms with Crippen molar-refractivity contribution in [3.63, 3.8) is 0 Å². The van der Waals surface area contributed by atoms with Crippen molar-refractivity contribution >= 4 is 42.1 Å². The molecule has 170 valence electrons. The largest absolute Gasteiger partial charge is 0.506 e. The van der Waals surface area contributed by atoms with Crippen LogP contribution in [0.25, 0.3) is 10.8 Å². The first-order chi connectivity index (χ1) is 15.0. The van der Waals surface area contributed by atoms with Gasteiger partial charge < -0.3 is 10.0 Å². The van der Waals surface area contributed by atoms with E-state index >= 15 is 0 Å². The Morgan fingerprint density at radius 1 is 0.875 bits per heavy atom. The third kappa shape index (κ3) is 6.33. The quantitative estimate of drug-likeness (QED) is 0.355. The van der Waals surface area contributed by atoms with Crippen LogP contribution in [0.4, 0.5) is 11.4 Å². The minimum Gasteiger partial charge on any atom is -0.506 e. The number of sulfone groups is 1. The third-order valence-electron chi connectivity index (χ3n) is 4.79. The molecule has 0 aliphatic carbocycles. The molecule has 0 aromatic heterocycles. The van der Waals surface area contributed by atoms with Crippen LogP contribution in [0, 0.1) is 0 Å². The second kappa shape index (κ2) is 9.74. The lowest BCUT2D eigenvalue weighted by atomic mass is 10.1. The number of aromatic hydroxyl groups is 1. The molecule has 0 bridgehead atoms. The van der Waals surface area contributed by atoms with Crippen molar-refractivity contribution in [1.82, 2.24) is 4.90 Å². The molecule has 32 heavy (non-hydrogen) atoms. The number of hydrogen-bond donors (Lipinski definition) is 2. The topological polar surface area (TPSA) is 137 Å². The molecule has 0 radical (unpaired) electrons. The molecule has 11 heteroatoms. The van der Waals surface area contributed by atoms with Gasteiger partial charge in [0.25, 0.3) is 10.1 Å². The monoisotopic (exact) mass is 477 g/mol. The summed E-state index contributed by atoms with van der Waals surface area (Å²) in [6.07, 6.45) is 0. The maximum atomic E-state index is 12.7. The molecule has 0 spiro atoms. The van der Waals surface area contributed by atoms with E-state index in [2.05, 4.69) is 10.2 Å². The molecule has 0 saturated carbocycles. The van der Waals surface area contributed by atoms with Crippen molar-refractivity contribution in [2.24, 2.45) is 10.2 Å². The highest BCUT2D eigenvalue weighted by molar-refractivity contribution is 7.91. The lowest BCUT2D eigenvalue weighted by molar-refractivity contribution is 0.367. The number of azo groups is 1. The zero-order valence-corrected chi connectivity index (χ0v) is 18.9. The zero-order valence-electron chi connectivity index (χ0n) is 17.3. The molecule has 0 saturated heterocycles. The normalized spacial score (nSPS) is 12.7. The molecule has 0 heterocycles. The summed E-state index contributed by atoms with van der Waals surface area (Å²) in [6, 6.07) is 16.7. The number of rotatable bonds is 9. The van der Waals surface area contributed by atoms with Crippen LogP contribution in [0.3, 0.4) is 0 Å². The second-order valence-corrected chi connectivity index (χ2v) is 10.9. The Balaban J connectivity index is 1.76. The van der Waals surface area contributed by atoms with Gasteiger partial charge in [-0.3, -0.25) is 4.55 Å². The predicted octanol–water partition coefficient (Wildman–Crippen LogP) is 3.55. The summed E-state index contributed by atoms with van der Waals surface area (Å²) in [5, 5.41) is 20.0. The molecule has 0 unspecified atom stereocenters. The first-order valence-electron chi connectivity index (χ1n) is 9.64. The van der Waals surface area contributed by atoms with Crippen molar-refractivity contribution < 1.29 is 26.5 Å². The van der Waals surface area contributed by atoms with Crippen molar-refractivity contribution in [3.8, 4) is 5.75 Å². The maximum absolute atomic E-state index is 12.7. The number of phenols is 1. The summed E-state index contributed by atoms with van der Waals surface area (Å²) < 4.78 is 55.8. The molecule has 9 nitrogen and oxygen atoms in total. The molecular formula is C21H23N3O6S2. The summed E-state index contributed by atoms with van der Waals surface area (Å²) in [5.74, 6) is -0.746. The summed E-state index contributed by atoms with van der Waals surface area (Å²) >= 11 is 0. The molecule has 0 aliphatic heterocycles. The lowest BCUT2D eigenvalue weighted by Crippen LogP contribution is -2.30. The summed E-state index contributed by atoms with van der Waals surface area (Å²) in [4.78, 5) is 1.57. The Labute approximate surface area is 186 Å². The number of phenolic OH excluding ortho intramolecular Hbond substituents is 1. The van der Waals surface area contributed by atoms with Gasteiger partial charge in [0.2, 0.25) is 0 Å². The molecule has 0 atom stereocenters. The van der Waals surface area contributed by atoms with E-state index in [-0.39, 0.29) is 35.2 Å². The van der Waals surface area contributed by atoms with E-state index in [0.717, 1.165) is 5.39 Å². The van der Waals surface area contributed by atoms with Gasteiger partial charge in [0.05, 0.1) is 22.1 Å². The van der Waals surface area contributed by atoms with Crippen LogP contribution in [-0.4, -0.2) is 63.0 Å². The van der Waals surface area contributed by atoms with E-state index in [0.29, 0.717) is 11.1 Å². The number of fused-ring (bicyclic) bond motifs is 1. The zero-order chi connectivity index (χ0) is 23.4. The van der Waals surface area contributed by atoms with Gasteiger partial charge in [0, 0.05) is 18.5 Å². The average molecular weight is 478 g/mol. The second-order valence-electron chi connectivity index (χ2n) is 7.26. The maximum Gasteiger partial charge on any atom is 0.266 e. The fourth-order valence-electron chi connectivity index (χ4n) is 2.97. The van der Waals surface area contributed by atoms with Crippen LogP contribution < -0.4 is 0 Å². The van der Waals surface area contributed by atoms with E-state index in [1.165, 1.54) is 23.1 Å². The van der Waals surface area contributed by atoms with Gasteiger partial charge in [-0.05, 0) is 36.7 Å². The van der Waals surface area contributed by atoms with E-state index in [9.17, 15) is 21.9 Å². The summed E-state index contributed by atoms with van der Waals surface area (Å²) in [6.45, 7) is 0.102. The molecule has 3 rings (SSSR count). The number of hydrogen-bond acceptors (Lipinski definition) is 8. The molecule has 3 aromatic carbocycles. The van der Waals surface area contributed by atoms with Crippen molar-refractivity contribution in [1.29, 1.82) is 0 Å². The Kier molecular flexibility index (Phi) is 7.24. The van der Waals surface area contributed by atoms with Crippen LogP contribution in [0.2, 0.25) is 0 Å². The van der Waals surface area contributed by atoms with E-state index in [1.54, 1.807) is 25.2 Å². The third-order valence-corrected chi connectivity index (χ3v) is 7.18. The van der Waals surface area contributed by atoms with Crippen LogP contribution in [0.5, 0.6) is 5.75 Å². The minimum atomic E-state index is -4.11. The standard InChI is InChI=1S/C21H23N3O6S2/c1-24(12-14-32(28,29)30)11-13-31(26,27)18-7-4-6-17(15-18)22-23-21-19-8-3-2-5-16(19)9-10-20(21)25/h2-10,15,25H,11-14H2,1H3,(H,28,29,30). The van der Waals surface area contributed by atoms with Gasteiger partial charge in [-0.1, -0.05) is 36.4 Å². The summed E-state index contributed by atoms with van der Waals surface area (Å²) in [5.41, 5.74) is 0.593. The first-order valence-corrected chi connectivity index (χ1v) is 12.9. The van der Waals surface area contributed by atoms with Crippen molar-refractivity contribution in [3.05, 3.63) is 60.7 Å². The minimum absolute atomic E-state index is 0.0110. The van der Waals surface area contributed by atoms with Crippen LogP contribution in [0.15, 0.2) is 75.8 Å². The van der Waals surface area contributed by atoms with E-state index in [4.69, 9.17) is 4.55 Å². The predicted molar refractivity (Wildman–Crippen MR) is 122 cm³/mol. The van der Waals surface area contributed by atoms with Crippen molar-refractivity contribution in [2.45, 2.75) is 4.90 Å². The van der Waals surface area contributed by atoms with Gasteiger partial charge in [-0.2, -0.15) is 13.5 Å². The van der Waals surface area contributed by atoms with Crippen molar-refractivity contribution in [2.75, 3.05) is 31.6 Å². The highest BCUT2D eigenvalue weighted by atomic mass is 32.2. The molecule has 3 aromatic rings. The van der Waals surface area contributed by atoms with Gasteiger partial charge in [-0.15, -0.1) is 5.11 Å². The van der Waals surface area contributed by atoms with E-state index < -0.39 is 25.7 Å².